The second-order valence-corrected chi connectivity index (χ2v) is 8.67. The zero-order valence-corrected chi connectivity index (χ0v) is 18.2. The number of aryl methyl sites for hydroxylation is 1. The number of carbonyl (C=O) groups excluding carboxylic acids is 1. The van der Waals surface area contributed by atoms with Gasteiger partial charge in [-0.3, -0.25) is 9.78 Å². The molecule has 0 radical (unpaired) electrons. The van der Waals surface area contributed by atoms with Gasteiger partial charge in [-0.25, -0.2) is 4.98 Å². The fourth-order valence-corrected chi connectivity index (χ4v) is 4.46. The predicted molar refractivity (Wildman–Crippen MR) is 132 cm³/mol. The van der Waals surface area contributed by atoms with Crippen molar-refractivity contribution in [1.82, 2.24) is 14.5 Å². The zero-order chi connectivity index (χ0) is 22.5. The SMILES string of the molecule is Cc1cn(-c2ccc(C(N)=O)c(NC3CC3)c2)c2nccc(-c3cnc4ccccc4c3)c12. The van der Waals surface area contributed by atoms with Crippen LogP contribution in [0, 0.1) is 6.92 Å². The normalized spacial score (nSPS) is 13.5. The topological polar surface area (TPSA) is 85.8 Å². The molecule has 0 spiro atoms. The Bertz CT molecular complexity index is 1550. The third-order valence-electron chi connectivity index (χ3n) is 6.26. The highest BCUT2D eigenvalue weighted by atomic mass is 16.1. The quantitative estimate of drug-likeness (QED) is 0.398. The Kier molecular flexibility index (Phi) is 4.40. The third-order valence-corrected chi connectivity index (χ3v) is 6.26. The number of fused-ring (bicyclic) bond motifs is 2. The number of carbonyl (C=O) groups is 1. The highest BCUT2D eigenvalue weighted by Gasteiger charge is 2.23. The maximum atomic E-state index is 11.9. The van der Waals surface area contributed by atoms with Crippen LogP contribution < -0.4 is 11.1 Å². The average molecular weight is 434 g/mol. The number of aromatic nitrogens is 3. The molecule has 3 heterocycles. The number of benzene rings is 2. The van der Waals surface area contributed by atoms with Gasteiger partial charge in [-0.1, -0.05) is 18.2 Å². The van der Waals surface area contributed by atoms with Crippen molar-refractivity contribution in [3.8, 4) is 16.8 Å². The Balaban J connectivity index is 1.51. The minimum Gasteiger partial charge on any atom is -0.382 e. The summed E-state index contributed by atoms with van der Waals surface area (Å²) in [7, 11) is 0. The number of nitrogens with one attached hydrogen (secondary N) is 1. The molecule has 6 rings (SSSR count). The number of hydrogen-bond donors (Lipinski definition) is 2. The standard InChI is InChI=1S/C27H23N5O/c1-16-15-32(20-8-9-22(26(28)33)24(13-20)31-19-6-7-19)27-25(16)21(10-11-29-27)18-12-17-4-2-3-5-23(17)30-14-18/h2-5,8-15,19,31H,6-7H2,1H3,(H2,28,33). The molecular formula is C27H23N5O. The average Bonchev–Trinajstić information content (AvgIpc) is 3.59. The number of anilines is 1. The Morgan fingerprint density at radius 3 is 2.76 bits per heavy atom. The molecule has 1 amide bonds. The first-order chi connectivity index (χ1) is 16.1. The van der Waals surface area contributed by atoms with Crippen LogP contribution >= 0.6 is 0 Å². The Hall–Kier alpha value is -4.19. The van der Waals surface area contributed by atoms with E-state index in [1.807, 2.05) is 48.8 Å². The highest BCUT2D eigenvalue weighted by molar-refractivity contribution is 6.00. The van der Waals surface area contributed by atoms with E-state index in [9.17, 15) is 4.79 Å². The summed E-state index contributed by atoms with van der Waals surface area (Å²) in [5.41, 5.74) is 12.9. The van der Waals surface area contributed by atoms with Crippen molar-refractivity contribution in [2.24, 2.45) is 5.73 Å². The van der Waals surface area contributed by atoms with Gasteiger partial charge in [-0.2, -0.15) is 0 Å². The number of nitrogens with zero attached hydrogens (tertiary/aromatic N) is 3. The second-order valence-electron chi connectivity index (χ2n) is 8.67. The third kappa shape index (κ3) is 3.40. The van der Waals surface area contributed by atoms with Crippen molar-refractivity contribution >= 4 is 33.5 Å². The molecule has 1 saturated carbocycles. The number of hydrogen-bond acceptors (Lipinski definition) is 4. The van der Waals surface area contributed by atoms with Crippen LogP contribution in [0.3, 0.4) is 0 Å². The van der Waals surface area contributed by atoms with E-state index in [-0.39, 0.29) is 0 Å². The molecule has 1 aliphatic carbocycles. The predicted octanol–water partition coefficient (Wildman–Crippen LogP) is 5.22. The molecule has 0 unspecified atom stereocenters. The summed E-state index contributed by atoms with van der Waals surface area (Å²) in [6, 6.07) is 18.5. The van der Waals surface area contributed by atoms with Gasteiger partial charge in [0.15, 0.2) is 0 Å². The molecule has 0 saturated heterocycles. The van der Waals surface area contributed by atoms with E-state index in [0.29, 0.717) is 11.6 Å². The fraction of sp³-hybridized carbons (Fsp3) is 0.148. The first-order valence-electron chi connectivity index (χ1n) is 11.1. The molecule has 5 aromatic rings. The summed E-state index contributed by atoms with van der Waals surface area (Å²) in [4.78, 5) is 21.3. The molecule has 3 aromatic heterocycles. The number of para-hydroxylation sites is 1. The van der Waals surface area contributed by atoms with Gasteiger partial charge in [0.2, 0.25) is 0 Å². The van der Waals surface area contributed by atoms with Crippen molar-refractivity contribution in [3.05, 3.63) is 84.3 Å². The maximum absolute atomic E-state index is 11.9. The number of primary amides is 1. The Morgan fingerprint density at radius 1 is 1.09 bits per heavy atom. The van der Waals surface area contributed by atoms with Gasteiger partial charge in [0.25, 0.3) is 5.91 Å². The largest absolute Gasteiger partial charge is 0.382 e. The lowest BCUT2D eigenvalue weighted by molar-refractivity contribution is 0.100. The summed E-state index contributed by atoms with van der Waals surface area (Å²) < 4.78 is 2.07. The number of pyridine rings is 2. The molecule has 6 nitrogen and oxygen atoms in total. The summed E-state index contributed by atoms with van der Waals surface area (Å²) in [5, 5.41) is 5.64. The minimum atomic E-state index is -0.428. The summed E-state index contributed by atoms with van der Waals surface area (Å²) in [5.74, 6) is -0.428. The molecule has 0 bridgehead atoms. The maximum Gasteiger partial charge on any atom is 0.250 e. The van der Waals surface area contributed by atoms with E-state index in [1.54, 1.807) is 6.07 Å². The molecule has 1 aliphatic rings. The second kappa shape index (κ2) is 7.45. The number of amides is 1. The van der Waals surface area contributed by atoms with Gasteiger partial charge in [-0.05, 0) is 67.3 Å². The van der Waals surface area contributed by atoms with Gasteiger partial charge in [0, 0.05) is 52.3 Å². The molecule has 1 fully saturated rings. The van der Waals surface area contributed by atoms with Crippen LogP contribution in [0.2, 0.25) is 0 Å². The summed E-state index contributed by atoms with van der Waals surface area (Å²) in [6.45, 7) is 2.10. The first-order valence-corrected chi connectivity index (χ1v) is 11.1. The van der Waals surface area contributed by atoms with Crippen LogP contribution in [-0.2, 0) is 0 Å². The Labute approximate surface area is 191 Å². The van der Waals surface area contributed by atoms with Gasteiger partial charge >= 0.3 is 0 Å². The van der Waals surface area contributed by atoms with Crippen LogP contribution in [0.1, 0.15) is 28.8 Å². The monoisotopic (exact) mass is 433 g/mol. The van der Waals surface area contributed by atoms with Gasteiger partial charge in [-0.15, -0.1) is 0 Å². The van der Waals surface area contributed by atoms with Crippen LogP contribution in [0.15, 0.2) is 73.2 Å². The van der Waals surface area contributed by atoms with E-state index in [1.165, 1.54) is 0 Å². The minimum absolute atomic E-state index is 0.409. The van der Waals surface area contributed by atoms with Crippen molar-refractivity contribution in [2.45, 2.75) is 25.8 Å². The van der Waals surface area contributed by atoms with Crippen LogP contribution in [0.25, 0.3) is 38.8 Å². The zero-order valence-electron chi connectivity index (χ0n) is 18.2. The molecule has 0 atom stereocenters. The van der Waals surface area contributed by atoms with Crippen LogP contribution in [-0.4, -0.2) is 26.5 Å². The molecule has 3 N–H and O–H groups in total. The van der Waals surface area contributed by atoms with Gasteiger partial charge < -0.3 is 15.6 Å². The summed E-state index contributed by atoms with van der Waals surface area (Å²) in [6.07, 6.45) is 8.07. The van der Waals surface area contributed by atoms with Crippen molar-refractivity contribution in [2.75, 3.05) is 5.32 Å². The molecule has 162 valence electrons. The molecule has 0 aliphatic heterocycles. The Morgan fingerprint density at radius 2 is 1.94 bits per heavy atom. The molecule has 2 aromatic carbocycles. The van der Waals surface area contributed by atoms with E-state index in [4.69, 9.17) is 10.7 Å². The van der Waals surface area contributed by atoms with Crippen LogP contribution in [0.4, 0.5) is 5.69 Å². The first kappa shape index (κ1) is 19.5. The van der Waals surface area contributed by atoms with E-state index >= 15 is 0 Å². The molecular weight excluding hydrogens is 410 g/mol. The van der Waals surface area contributed by atoms with Gasteiger partial charge in [0.1, 0.15) is 5.65 Å². The number of nitrogens with two attached hydrogens (primary N) is 1. The molecule has 6 heteroatoms. The highest BCUT2D eigenvalue weighted by Crippen LogP contribution is 2.35. The molecule has 33 heavy (non-hydrogen) atoms. The van der Waals surface area contributed by atoms with Crippen molar-refractivity contribution in [1.29, 1.82) is 0 Å². The summed E-state index contributed by atoms with van der Waals surface area (Å²) >= 11 is 0. The smallest absolute Gasteiger partial charge is 0.250 e. The van der Waals surface area contributed by atoms with E-state index in [0.717, 1.165) is 62.8 Å². The van der Waals surface area contributed by atoms with Crippen molar-refractivity contribution < 1.29 is 4.79 Å². The van der Waals surface area contributed by atoms with Gasteiger partial charge in [0.05, 0.1) is 11.1 Å². The van der Waals surface area contributed by atoms with E-state index in [2.05, 4.69) is 40.1 Å². The lowest BCUT2D eigenvalue weighted by Crippen LogP contribution is -2.15. The van der Waals surface area contributed by atoms with Crippen molar-refractivity contribution in [3.63, 3.8) is 0 Å². The van der Waals surface area contributed by atoms with Crippen LogP contribution in [0.5, 0.6) is 0 Å². The fourth-order valence-electron chi connectivity index (χ4n) is 4.46. The lowest BCUT2D eigenvalue weighted by Gasteiger charge is -2.13. The lowest BCUT2D eigenvalue weighted by atomic mass is 10.0. The number of rotatable bonds is 5. The van der Waals surface area contributed by atoms with E-state index < -0.39 is 5.91 Å².